The largest absolute Gasteiger partial charge is 0.399 e. The van der Waals surface area contributed by atoms with E-state index < -0.39 is 0 Å². The fourth-order valence-corrected chi connectivity index (χ4v) is 2.11. The molecule has 0 aliphatic carbocycles. The molecule has 2 heteroatoms. The molecule has 0 spiro atoms. The summed E-state index contributed by atoms with van der Waals surface area (Å²) in [6.45, 7) is 3.30. The molecule has 2 nitrogen and oxygen atoms in total. The summed E-state index contributed by atoms with van der Waals surface area (Å²) in [5.74, 6) is 0. The summed E-state index contributed by atoms with van der Waals surface area (Å²) in [6, 6.07) is 4.15. The van der Waals surface area contributed by atoms with Gasteiger partial charge in [-0.1, -0.05) is 0 Å². The maximum atomic E-state index is 5.82. The van der Waals surface area contributed by atoms with Crippen molar-refractivity contribution in [3.8, 4) is 0 Å². The zero-order valence-corrected chi connectivity index (χ0v) is 8.30. The smallest absolute Gasteiger partial charge is 0.0419 e. The van der Waals surface area contributed by atoms with Crippen LogP contribution in [0.1, 0.15) is 17.5 Å². The number of hydrogen-bond acceptors (Lipinski definition) is 2. The van der Waals surface area contributed by atoms with Crippen LogP contribution in [0.15, 0.2) is 12.1 Å². The number of nitrogens with zero attached hydrogens (tertiary/aromatic N) is 1. The van der Waals surface area contributed by atoms with Gasteiger partial charge in [0.05, 0.1) is 0 Å². The average molecular weight is 176 g/mol. The summed E-state index contributed by atoms with van der Waals surface area (Å²) in [6.07, 6.45) is 2.46. The lowest BCUT2D eigenvalue weighted by Gasteiger charge is -2.29. The first-order valence-electron chi connectivity index (χ1n) is 4.78. The van der Waals surface area contributed by atoms with Gasteiger partial charge in [-0.2, -0.15) is 0 Å². The Labute approximate surface area is 79.4 Å². The molecular weight excluding hydrogens is 160 g/mol. The summed E-state index contributed by atoms with van der Waals surface area (Å²) in [5.41, 5.74) is 10.8. The number of rotatable bonds is 0. The van der Waals surface area contributed by atoms with E-state index in [0.717, 1.165) is 12.2 Å². The monoisotopic (exact) mass is 176 g/mol. The minimum Gasteiger partial charge on any atom is -0.399 e. The van der Waals surface area contributed by atoms with Crippen LogP contribution in [0.2, 0.25) is 0 Å². The van der Waals surface area contributed by atoms with Crippen LogP contribution in [0, 0.1) is 6.92 Å². The number of hydrogen-bond donors (Lipinski definition) is 1. The topological polar surface area (TPSA) is 29.3 Å². The molecule has 1 aliphatic heterocycles. The van der Waals surface area contributed by atoms with Crippen molar-refractivity contribution in [3.63, 3.8) is 0 Å². The highest BCUT2D eigenvalue weighted by Crippen LogP contribution is 2.30. The van der Waals surface area contributed by atoms with Crippen molar-refractivity contribution in [2.75, 3.05) is 24.2 Å². The highest BCUT2D eigenvalue weighted by atomic mass is 15.1. The minimum atomic E-state index is 0.880. The number of fused-ring (bicyclic) bond motifs is 1. The van der Waals surface area contributed by atoms with Gasteiger partial charge in [0.15, 0.2) is 0 Å². The molecule has 0 saturated heterocycles. The van der Waals surface area contributed by atoms with Crippen LogP contribution in [-0.4, -0.2) is 13.6 Å². The van der Waals surface area contributed by atoms with E-state index >= 15 is 0 Å². The molecule has 1 aromatic carbocycles. The summed E-state index contributed by atoms with van der Waals surface area (Å²) >= 11 is 0. The predicted octanol–water partition coefficient (Wildman–Crippen LogP) is 1.96. The van der Waals surface area contributed by atoms with Crippen LogP contribution in [-0.2, 0) is 6.42 Å². The number of anilines is 2. The molecule has 0 unspecified atom stereocenters. The van der Waals surface area contributed by atoms with Gasteiger partial charge >= 0.3 is 0 Å². The Morgan fingerprint density at radius 3 is 2.92 bits per heavy atom. The van der Waals surface area contributed by atoms with Crippen molar-refractivity contribution in [3.05, 3.63) is 23.3 Å². The van der Waals surface area contributed by atoms with Crippen molar-refractivity contribution in [2.24, 2.45) is 0 Å². The molecular formula is C11H16N2. The van der Waals surface area contributed by atoms with Crippen molar-refractivity contribution in [1.29, 1.82) is 0 Å². The average Bonchev–Trinajstić information content (AvgIpc) is 2.07. The van der Waals surface area contributed by atoms with Crippen molar-refractivity contribution in [1.82, 2.24) is 0 Å². The van der Waals surface area contributed by atoms with Gasteiger partial charge in [0, 0.05) is 25.0 Å². The first kappa shape index (κ1) is 8.42. The molecule has 0 fully saturated rings. The molecule has 1 aromatic rings. The lowest BCUT2D eigenvalue weighted by molar-refractivity contribution is 0.741. The molecule has 0 amide bonds. The minimum absolute atomic E-state index is 0.880. The van der Waals surface area contributed by atoms with Crippen molar-refractivity contribution in [2.45, 2.75) is 19.8 Å². The van der Waals surface area contributed by atoms with Gasteiger partial charge < -0.3 is 10.6 Å². The zero-order chi connectivity index (χ0) is 9.42. The number of nitrogen functional groups attached to an aromatic ring is 1. The molecule has 0 radical (unpaired) electrons. The lowest BCUT2D eigenvalue weighted by atomic mass is 9.97. The highest BCUT2D eigenvalue weighted by Gasteiger charge is 2.15. The maximum absolute atomic E-state index is 5.82. The highest BCUT2D eigenvalue weighted by molar-refractivity contribution is 5.64. The zero-order valence-electron chi connectivity index (χ0n) is 8.30. The summed E-state index contributed by atoms with van der Waals surface area (Å²) in [5, 5.41) is 0. The Balaban J connectivity index is 2.56. The first-order chi connectivity index (χ1) is 6.18. The molecule has 1 aliphatic rings. The molecule has 2 rings (SSSR count). The van der Waals surface area contributed by atoms with E-state index in [1.165, 1.54) is 29.7 Å². The van der Waals surface area contributed by atoms with Gasteiger partial charge in [-0.3, -0.25) is 0 Å². The van der Waals surface area contributed by atoms with Gasteiger partial charge in [0.2, 0.25) is 0 Å². The van der Waals surface area contributed by atoms with Gasteiger partial charge in [0.25, 0.3) is 0 Å². The van der Waals surface area contributed by atoms with E-state index in [0.29, 0.717) is 0 Å². The normalized spacial score (nSPS) is 15.7. The van der Waals surface area contributed by atoms with E-state index in [2.05, 4.69) is 31.0 Å². The third-order valence-electron chi connectivity index (χ3n) is 2.80. The molecule has 1 heterocycles. The van der Waals surface area contributed by atoms with Gasteiger partial charge in [0.1, 0.15) is 0 Å². The fraction of sp³-hybridized carbons (Fsp3) is 0.455. The van der Waals surface area contributed by atoms with Gasteiger partial charge in [-0.15, -0.1) is 0 Å². The number of nitrogens with two attached hydrogens (primary N) is 1. The molecule has 0 aromatic heterocycles. The maximum Gasteiger partial charge on any atom is 0.0419 e. The standard InChI is InChI=1S/C11H16N2/c1-8-6-9(12)7-11-10(8)4-3-5-13(11)2/h6-7H,3-5,12H2,1-2H3. The molecule has 13 heavy (non-hydrogen) atoms. The van der Waals surface area contributed by atoms with Crippen LogP contribution in [0.5, 0.6) is 0 Å². The van der Waals surface area contributed by atoms with Crippen LogP contribution in [0.3, 0.4) is 0 Å². The van der Waals surface area contributed by atoms with E-state index in [9.17, 15) is 0 Å². The van der Waals surface area contributed by atoms with Crippen LogP contribution >= 0.6 is 0 Å². The Kier molecular flexibility index (Phi) is 1.91. The Morgan fingerprint density at radius 2 is 2.15 bits per heavy atom. The van der Waals surface area contributed by atoms with Crippen molar-refractivity contribution < 1.29 is 0 Å². The predicted molar refractivity (Wildman–Crippen MR) is 57.2 cm³/mol. The Bertz CT molecular complexity index is 331. The molecule has 70 valence electrons. The number of benzene rings is 1. The summed E-state index contributed by atoms with van der Waals surface area (Å²) in [7, 11) is 2.14. The first-order valence-corrected chi connectivity index (χ1v) is 4.78. The second-order valence-electron chi connectivity index (χ2n) is 3.86. The second-order valence-corrected chi connectivity index (χ2v) is 3.86. The van der Waals surface area contributed by atoms with E-state index in [4.69, 9.17) is 5.73 Å². The van der Waals surface area contributed by atoms with Crippen LogP contribution < -0.4 is 10.6 Å². The van der Waals surface area contributed by atoms with E-state index in [-0.39, 0.29) is 0 Å². The quantitative estimate of drug-likeness (QED) is 0.612. The Hall–Kier alpha value is -1.18. The van der Waals surface area contributed by atoms with Crippen molar-refractivity contribution >= 4 is 11.4 Å². The molecule has 0 saturated carbocycles. The summed E-state index contributed by atoms with van der Waals surface area (Å²) < 4.78 is 0. The van der Waals surface area contributed by atoms with Gasteiger partial charge in [-0.05, 0) is 43.0 Å². The van der Waals surface area contributed by atoms with Crippen LogP contribution in [0.25, 0.3) is 0 Å². The SMILES string of the molecule is Cc1cc(N)cc2c1CCCN2C. The number of aryl methyl sites for hydroxylation is 1. The molecule has 2 N–H and O–H groups in total. The lowest BCUT2D eigenvalue weighted by Crippen LogP contribution is -2.25. The molecule has 0 atom stereocenters. The van der Waals surface area contributed by atoms with Crippen LogP contribution in [0.4, 0.5) is 11.4 Å². The second kappa shape index (κ2) is 2.95. The molecule has 0 bridgehead atoms. The van der Waals surface area contributed by atoms with E-state index in [1.807, 2.05) is 0 Å². The van der Waals surface area contributed by atoms with E-state index in [1.54, 1.807) is 0 Å². The summed E-state index contributed by atoms with van der Waals surface area (Å²) in [4.78, 5) is 2.29. The third-order valence-corrected chi connectivity index (χ3v) is 2.80. The van der Waals surface area contributed by atoms with Gasteiger partial charge in [-0.25, -0.2) is 0 Å². The Morgan fingerprint density at radius 1 is 1.38 bits per heavy atom. The third kappa shape index (κ3) is 1.37. The fourth-order valence-electron chi connectivity index (χ4n) is 2.11.